The van der Waals surface area contributed by atoms with Crippen molar-refractivity contribution in [2.24, 2.45) is 5.92 Å². The van der Waals surface area contributed by atoms with Gasteiger partial charge in [-0.1, -0.05) is 23.7 Å². The smallest absolute Gasteiger partial charge is 0.230 e. The number of benzene rings is 2. The number of methoxy groups -OCH3 is 1. The van der Waals surface area contributed by atoms with E-state index >= 15 is 0 Å². The van der Waals surface area contributed by atoms with Gasteiger partial charge in [-0.3, -0.25) is 9.69 Å². The predicted octanol–water partition coefficient (Wildman–Crippen LogP) is 4.99. The minimum Gasteiger partial charge on any atom is -0.385 e. The van der Waals surface area contributed by atoms with Crippen LogP contribution in [0.3, 0.4) is 0 Å². The van der Waals surface area contributed by atoms with Gasteiger partial charge in [0.2, 0.25) is 5.91 Å². The van der Waals surface area contributed by atoms with Gasteiger partial charge in [0.25, 0.3) is 0 Å². The van der Waals surface area contributed by atoms with Crippen LogP contribution in [0.5, 0.6) is 0 Å². The molecule has 10 heteroatoms. The summed E-state index contributed by atoms with van der Waals surface area (Å²) in [5.74, 6) is -2.37. The SMILES string of the molecule is COCCCc1cc(CCCN2CCOCC2)c(Cl)c(CN(C(=O)[C@H]2CNCC[C@@]23OCc2cc(F)c(F)cc23)C2CC2)c1. The quantitative estimate of drug-likeness (QED) is 0.333. The van der Waals surface area contributed by atoms with Crippen molar-refractivity contribution < 1.29 is 27.8 Å². The molecular weight excluding hydrogens is 588 g/mol. The second kappa shape index (κ2) is 14.1. The lowest BCUT2D eigenvalue weighted by atomic mass is 9.75. The molecule has 3 aliphatic heterocycles. The van der Waals surface area contributed by atoms with Crippen molar-refractivity contribution in [2.45, 2.75) is 69.7 Å². The Morgan fingerprint density at radius 2 is 1.89 bits per heavy atom. The number of hydrogen-bond donors (Lipinski definition) is 1. The van der Waals surface area contributed by atoms with Crippen molar-refractivity contribution in [3.05, 3.63) is 68.7 Å². The molecule has 7 nitrogen and oxygen atoms in total. The van der Waals surface area contributed by atoms with Gasteiger partial charge in [0, 0.05) is 51.0 Å². The molecule has 2 aromatic rings. The average molecular weight is 632 g/mol. The molecule has 3 fully saturated rings. The monoisotopic (exact) mass is 631 g/mol. The molecule has 2 saturated heterocycles. The summed E-state index contributed by atoms with van der Waals surface area (Å²) in [6, 6.07) is 6.97. The zero-order valence-electron chi connectivity index (χ0n) is 25.6. The number of nitrogens with zero attached hydrogens (tertiary/aromatic N) is 2. The Kier molecular flexibility index (Phi) is 10.2. The number of carbonyl (C=O) groups is 1. The molecule has 1 N–H and O–H groups in total. The highest BCUT2D eigenvalue weighted by Gasteiger charge is 2.53. The van der Waals surface area contributed by atoms with E-state index in [-0.39, 0.29) is 18.6 Å². The first-order valence-corrected chi connectivity index (χ1v) is 16.5. The zero-order chi connectivity index (χ0) is 30.7. The van der Waals surface area contributed by atoms with Crippen molar-refractivity contribution in [3.8, 4) is 0 Å². The summed E-state index contributed by atoms with van der Waals surface area (Å²) in [6.07, 6.45) is 6.02. The van der Waals surface area contributed by atoms with E-state index in [1.807, 2.05) is 4.90 Å². The number of piperidine rings is 1. The molecule has 4 aliphatic rings. The first kappa shape index (κ1) is 31.8. The summed E-state index contributed by atoms with van der Waals surface area (Å²) in [7, 11) is 1.72. The van der Waals surface area contributed by atoms with E-state index in [2.05, 4.69) is 22.3 Å². The Hall–Kier alpha value is -2.14. The van der Waals surface area contributed by atoms with Crippen LogP contribution in [0.2, 0.25) is 5.02 Å². The maximum absolute atomic E-state index is 14.5. The van der Waals surface area contributed by atoms with Gasteiger partial charge < -0.3 is 24.4 Å². The Balaban J connectivity index is 1.25. The Morgan fingerprint density at radius 3 is 2.66 bits per heavy atom. The highest BCUT2D eigenvalue weighted by atomic mass is 35.5. The second-order valence-corrected chi connectivity index (χ2v) is 13.1. The average Bonchev–Trinajstić information content (AvgIpc) is 3.82. The van der Waals surface area contributed by atoms with Crippen LogP contribution in [-0.4, -0.2) is 81.4 Å². The Labute approximate surface area is 264 Å². The minimum atomic E-state index is -0.976. The van der Waals surface area contributed by atoms with Gasteiger partial charge in [0.15, 0.2) is 11.6 Å². The summed E-state index contributed by atoms with van der Waals surface area (Å²) in [5.41, 5.74) is 3.53. The van der Waals surface area contributed by atoms with Crippen LogP contribution < -0.4 is 5.32 Å². The standard InChI is InChI=1S/C34H44ClF2N3O4/c1-42-13-3-4-23-16-24(5-2-10-39-11-14-43-15-12-39)32(35)25(17-23)21-40(27-6-7-27)33(41)29-20-38-9-8-34(29)28-19-31(37)30(36)18-26(28)22-44-34/h16-19,27,29,38H,2-15,20-22H2,1H3/t29-,34+/m1/s1. The molecule has 0 unspecified atom stereocenters. The third-order valence-electron chi connectivity index (χ3n) is 9.70. The number of rotatable bonds is 12. The lowest BCUT2D eigenvalue weighted by Crippen LogP contribution is -2.55. The molecule has 44 heavy (non-hydrogen) atoms. The van der Waals surface area contributed by atoms with Crippen LogP contribution in [0, 0.1) is 17.6 Å². The molecule has 240 valence electrons. The number of morpholine rings is 1. The van der Waals surface area contributed by atoms with E-state index in [0.717, 1.165) is 87.5 Å². The highest BCUT2D eigenvalue weighted by Crippen LogP contribution is 2.48. The summed E-state index contributed by atoms with van der Waals surface area (Å²) in [6.45, 7) is 6.79. The summed E-state index contributed by atoms with van der Waals surface area (Å²) in [5, 5.41) is 4.10. The molecule has 2 aromatic carbocycles. The number of aryl methyl sites for hydroxylation is 2. The van der Waals surface area contributed by atoms with Crippen molar-refractivity contribution in [3.63, 3.8) is 0 Å². The van der Waals surface area contributed by atoms with E-state index in [9.17, 15) is 13.6 Å². The normalized spacial score (nSPS) is 23.7. The van der Waals surface area contributed by atoms with E-state index in [1.165, 1.54) is 17.7 Å². The molecule has 1 saturated carbocycles. The van der Waals surface area contributed by atoms with Gasteiger partial charge in [-0.2, -0.15) is 0 Å². The van der Waals surface area contributed by atoms with Gasteiger partial charge in [0.1, 0.15) is 5.60 Å². The Bertz CT molecular complexity index is 1340. The number of halogens is 3. The van der Waals surface area contributed by atoms with Crippen LogP contribution >= 0.6 is 11.6 Å². The van der Waals surface area contributed by atoms with Crippen LogP contribution in [0.1, 0.15) is 59.9 Å². The van der Waals surface area contributed by atoms with E-state index in [0.29, 0.717) is 43.8 Å². The number of hydrogen-bond acceptors (Lipinski definition) is 6. The molecule has 1 aliphatic carbocycles. The topological polar surface area (TPSA) is 63.3 Å². The Morgan fingerprint density at radius 1 is 1.11 bits per heavy atom. The minimum absolute atomic E-state index is 0.0213. The summed E-state index contributed by atoms with van der Waals surface area (Å²) >= 11 is 7.13. The van der Waals surface area contributed by atoms with Gasteiger partial charge in [-0.15, -0.1) is 0 Å². The van der Waals surface area contributed by atoms with Crippen molar-refractivity contribution in [1.29, 1.82) is 0 Å². The van der Waals surface area contributed by atoms with Crippen molar-refractivity contribution in [2.75, 3.05) is 59.7 Å². The molecule has 0 bridgehead atoms. The maximum atomic E-state index is 14.5. The molecule has 3 heterocycles. The third-order valence-corrected chi connectivity index (χ3v) is 10.2. The van der Waals surface area contributed by atoms with Gasteiger partial charge in [0.05, 0.1) is 25.7 Å². The molecule has 0 radical (unpaired) electrons. The number of ether oxygens (including phenoxy) is 3. The molecule has 1 amide bonds. The first-order valence-electron chi connectivity index (χ1n) is 16.1. The van der Waals surface area contributed by atoms with Gasteiger partial charge in [-0.05, 0) is 98.0 Å². The number of nitrogens with one attached hydrogen (secondary N) is 1. The molecule has 2 atom stereocenters. The van der Waals surface area contributed by atoms with Crippen LogP contribution in [0.15, 0.2) is 24.3 Å². The molecular formula is C34H44ClF2N3O4. The van der Waals surface area contributed by atoms with Crippen molar-refractivity contribution in [1.82, 2.24) is 15.1 Å². The fraction of sp³-hybridized carbons (Fsp3) is 0.618. The maximum Gasteiger partial charge on any atom is 0.230 e. The first-order chi connectivity index (χ1) is 21.4. The zero-order valence-corrected chi connectivity index (χ0v) is 26.4. The van der Waals surface area contributed by atoms with E-state index < -0.39 is 23.2 Å². The number of carbonyl (C=O) groups excluding carboxylic acids is 1. The highest BCUT2D eigenvalue weighted by molar-refractivity contribution is 6.32. The number of amides is 1. The molecule has 0 aromatic heterocycles. The second-order valence-electron chi connectivity index (χ2n) is 12.7. The lowest BCUT2D eigenvalue weighted by Gasteiger charge is -2.43. The van der Waals surface area contributed by atoms with Gasteiger partial charge >= 0.3 is 0 Å². The van der Waals surface area contributed by atoms with Crippen LogP contribution in [0.25, 0.3) is 0 Å². The molecule has 6 rings (SSSR count). The van der Waals surface area contributed by atoms with E-state index in [4.69, 9.17) is 25.8 Å². The summed E-state index contributed by atoms with van der Waals surface area (Å²) in [4.78, 5) is 18.9. The van der Waals surface area contributed by atoms with E-state index in [1.54, 1.807) is 7.11 Å². The molecule has 1 spiro atoms. The number of fused-ring (bicyclic) bond motifs is 2. The van der Waals surface area contributed by atoms with Crippen molar-refractivity contribution >= 4 is 17.5 Å². The fourth-order valence-corrected chi connectivity index (χ4v) is 7.45. The van der Waals surface area contributed by atoms with Crippen LogP contribution in [0.4, 0.5) is 8.78 Å². The fourth-order valence-electron chi connectivity index (χ4n) is 7.19. The van der Waals surface area contributed by atoms with Crippen LogP contribution in [-0.2, 0) is 50.6 Å². The largest absolute Gasteiger partial charge is 0.385 e. The lowest BCUT2D eigenvalue weighted by molar-refractivity contribution is -0.157. The third kappa shape index (κ3) is 6.83. The predicted molar refractivity (Wildman–Crippen MR) is 165 cm³/mol. The van der Waals surface area contributed by atoms with Gasteiger partial charge in [-0.25, -0.2) is 8.78 Å². The summed E-state index contributed by atoms with van der Waals surface area (Å²) < 4.78 is 45.7.